The van der Waals surface area contributed by atoms with E-state index in [1.807, 2.05) is 18.2 Å². The van der Waals surface area contributed by atoms with Gasteiger partial charge in [0.1, 0.15) is 12.4 Å². The third-order valence-corrected chi connectivity index (χ3v) is 2.37. The van der Waals surface area contributed by atoms with Crippen molar-refractivity contribution in [3.63, 3.8) is 0 Å². The van der Waals surface area contributed by atoms with Crippen LogP contribution in [0.4, 0.5) is 9.59 Å². The van der Waals surface area contributed by atoms with Crippen molar-refractivity contribution in [2.75, 3.05) is 0 Å². The van der Waals surface area contributed by atoms with Gasteiger partial charge in [-0.3, -0.25) is 0 Å². The summed E-state index contributed by atoms with van der Waals surface area (Å²) < 4.78 is 9.64. The Balaban J connectivity index is 1.78. The highest BCUT2D eigenvalue weighted by Crippen LogP contribution is 2.09. The highest BCUT2D eigenvalue weighted by molar-refractivity contribution is 5.74. The Morgan fingerprint density at radius 2 is 1.38 bits per heavy atom. The summed E-state index contributed by atoms with van der Waals surface area (Å²) in [6.45, 7) is 0.0619. The number of carbonyl (C=O) groups excluding carboxylic acids is 2. The highest BCUT2D eigenvalue weighted by atomic mass is 16.6. The Kier molecular flexibility index (Phi) is 5.17. The zero-order chi connectivity index (χ0) is 14.9. The Bertz CT molecular complexity index is 627. The molecule has 0 spiro atoms. The molecule has 2 aromatic carbocycles. The van der Waals surface area contributed by atoms with Crippen molar-refractivity contribution >= 4 is 12.2 Å². The van der Waals surface area contributed by atoms with E-state index in [9.17, 15) is 9.59 Å². The molecule has 6 nitrogen and oxygen atoms in total. The number of nitrogens with zero attached hydrogens (tertiary/aromatic N) is 2. The van der Waals surface area contributed by atoms with Crippen LogP contribution in [0, 0.1) is 0 Å². The molecule has 21 heavy (non-hydrogen) atoms. The first-order valence-corrected chi connectivity index (χ1v) is 6.13. The van der Waals surface area contributed by atoms with Crippen LogP contribution in [-0.2, 0) is 11.3 Å². The molecule has 0 heterocycles. The van der Waals surface area contributed by atoms with Gasteiger partial charge in [0.15, 0.2) is 0 Å². The van der Waals surface area contributed by atoms with E-state index in [-0.39, 0.29) is 6.61 Å². The van der Waals surface area contributed by atoms with Gasteiger partial charge in [0, 0.05) is 0 Å². The molecule has 0 unspecified atom stereocenters. The van der Waals surface area contributed by atoms with Crippen LogP contribution in [0.2, 0.25) is 0 Å². The summed E-state index contributed by atoms with van der Waals surface area (Å²) in [7, 11) is 0. The number of benzene rings is 2. The second-order valence-corrected chi connectivity index (χ2v) is 3.92. The Morgan fingerprint density at radius 1 is 0.810 bits per heavy atom. The largest absolute Gasteiger partial charge is 0.458 e. The molecule has 0 saturated carbocycles. The van der Waals surface area contributed by atoms with Crippen LogP contribution in [0.3, 0.4) is 0 Å². The predicted octanol–water partition coefficient (Wildman–Crippen LogP) is 3.97. The van der Waals surface area contributed by atoms with E-state index in [1.54, 1.807) is 42.5 Å². The van der Waals surface area contributed by atoms with Crippen LogP contribution >= 0.6 is 0 Å². The Labute approximate surface area is 121 Å². The predicted molar refractivity (Wildman–Crippen MR) is 73.9 cm³/mol. The summed E-state index contributed by atoms with van der Waals surface area (Å²) in [5.74, 6) is 0.319. The Hall–Kier alpha value is -3.02. The monoisotopic (exact) mass is 284 g/mol. The normalized spacial score (nSPS) is 10.3. The maximum atomic E-state index is 11.3. The first-order chi connectivity index (χ1) is 10.2. The molecule has 0 radical (unpaired) electrons. The van der Waals surface area contributed by atoms with Crippen LogP contribution in [0.5, 0.6) is 5.75 Å². The Morgan fingerprint density at radius 3 is 2.05 bits per heavy atom. The minimum Gasteiger partial charge on any atom is -0.442 e. The standard InChI is InChI=1S/C15H12N2O4/c18-14(20-11-12-7-3-1-4-8-12)16-17-15(19)21-13-9-5-2-6-10-13/h1-10H,11H2/b17-16+. The van der Waals surface area contributed by atoms with Crippen LogP contribution in [-0.4, -0.2) is 12.2 Å². The summed E-state index contributed by atoms with van der Waals surface area (Å²) in [4.78, 5) is 22.6. The molecule has 0 aliphatic carbocycles. The topological polar surface area (TPSA) is 77.3 Å². The summed E-state index contributed by atoms with van der Waals surface area (Å²) in [6.07, 6.45) is -1.94. The fourth-order valence-corrected chi connectivity index (χ4v) is 1.44. The van der Waals surface area contributed by atoms with Crippen LogP contribution in [0.25, 0.3) is 0 Å². The lowest BCUT2D eigenvalue weighted by atomic mass is 10.2. The lowest BCUT2D eigenvalue weighted by Crippen LogP contribution is -2.03. The summed E-state index contributed by atoms with van der Waals surface area (Å²) in [5, 5.41) is 6.25. The molecule has 0 aromatic heterocycles. The average molecular weight is 284 g/mol. The molecular weight excluding hydrogens is 272 g/mol. The summed E-state index contributed by atoms with van der Waals surface area (Å²) in [5.41, 5.74) is 0.813. The molecule has 0 bridgehead atoms. The second kappa shape index (κ2) is 7.54. The average Bonchev–Trinajstić information content (AvgIpc) is 2.53. The van der Waals surface area contributed by atoms with Gasteiger partial charge in [-0.2, -0.15) is 0 Å². The molecule has 0 fully saturated rings. The van der Waals surface area contributed by atoms with Gasteiger partial charge in [-0.05, 0) is 17.7 Å². The third-order valence-electron chi connectivity index (χ3n) is 2.37. The molecule has 0 N–H and O–H groups in total. The number of amides is 2. The molecule has 0 aliphatic rings. The molecule has 0 saturated heterocycles. The van der Waals surface area contributed by atoms with E-state index in [4.69, 9.17) is 9.47 Å². The fourth-order valence-electron chi connectivity index (χ4n) is 1.44. The van der Waals surface area contributed by atoms with Gasteiger partial charge < -0.3 is 9.47 Å². The molecule has 2 amide bonds. The van der Waals surface area contributed by atoms with E-state index < -0.39 is 12.2 Å². The minimum absolute atomic E-state index is 0.0619. The van der Waals surface area contributed by atoms with Gasteiger partial charge in [-0.1, -0.05) is 58.8 Å². The van der Waals surface area contributed by atoms with Gasteiger partial charge in [-0.25, -0.2) is 9.59 Å². The van der Waals surface area contributed by atoms with Crippen molar-refractivity contribution in [2.24, 2.45) is 10.2 Å². The van der Waals surface area contributed by atoms with Gasteiger partial charge in [-0.15, -0.1) is 0 Å². The van der Waals surface area contributed by atoms with Crippen LogP contribution in [0.1, 0.15) is 5.56 Å². The van der Waals surface area contributed by atoms with Crippen molar-refractivity contribution in [2.45, 2.75) is 6.61 Å². The van der Waals surface area contributed by atoms with Gasteiger partial charge >= 0.3 is 12.2 Å². The van der Waals surface area contributed by atoms with E-state index >= 15 is 0 Å². The van der Waals surface area contributed by atoms with E-state index in [1.165, 1.54) is 0 Å². The molecule has 2 rings (SSSR count). The summed E-state index contributed by atoms with van der Waals surface area (Å²) in [6, 6.07) is 17.4. The highest BCUT2D eigenvalue weighted by Gasteiger charge is 2.05. The van der Waals surface area contributed by atoms with Gasteiger partial charge in [0.25, 0.3) is 0 Å². The van der Waals surface area contributed by atoms with E-state index in [0.717, 1.165) is 5.56 Å². The lowest BCUT2D eigenvalue weighted by molar-refractivity contribution is 0.148. The number of para-hydroxylation sites is 1. The zero-order valence-electron chi connectivity index (χ0n) is 11.0. The maximum Gasteiger partial charge on any atom is 0.458 e. The number of ether oxygens (including phenoxy) is 2. The number of carbonyl (C=O) groups is 2. The van der Waals surface area contributed by atoms with E-state index in [0.29, 0.717) is 5.75 Å². The lowest BCUT2D eigenvalue weighted by Gasteiger charge is -2.00. The van der Waals surface area contributed by atoms with Crippen molar-refractivity contribution < 1.29 is 19.1 Å². The molecular formula is C15H12N2O4. The molecule has 2 aromatic rings. The van der Waals surface area contributed by atoms with Crippen molar-refractivity contribution in [3.05, 3.63) is 66.2 Å². The molecule has 0 aliphatic heterocycles. The number of hydrogen-bond donors (Lipinski definition) is 0. The first-order valence-electron chi connectivity index (χ1n) is 6.13. The summed E-state index contributed by atoms with van der Waals surface area (Å²) >= 11 is 0. The SMILES string of the molecule is O=C(/N=N/C(=O)Oc1ccccc1)OCc1ccccc1. The minimum atomic E-state index is -0.988. The van der Waals surface area contributed by atoms with Gasteiger partial charge in [0.05, 0.1) is 0 Å². The van der Waals surface area contributed by atoms with Crippen molar-refractivity contribution in [1.29, 1.82) is 0 Å². The smallest absolute Gasteiger partial charge is 0.442 e. The molecule has 6 heteroatoms. The molecule has 106 valence electrons. The number of rotatable bonds is 3. The fraction of sp³-hybridized carbons (Fsp3) is 0.0667. The van der Waals surface area contributed by atoms with Gasteiger partial charge in [0.2, 0.25) is 0 Å². The van der Waals surface area contributed by atoms with Crippen LogP contribution < -0.4 is 4.74 Å². The first kappa shape index (κ1) is 14.4. The van der Waals surface area contributed by atoms with Crippen molar-refractivity contribution in [1.82, 2.24) is 0 Å². The van der Waals surface area contributed by atoms with E-state index in [2.05, 4.69) is 10.2 Å². The molecule has 0 atom stereocenters. The second-order valence-electron chi connectivity index (χ2n) is 3.92. The quantitative estimate of drug-likeness (QED) is 0.799. The third kappa shape index (κ3) is 5.23. The maximum absolute atomic E-state index is 11.3. The number of hydrogen-bond acceptors (Lipinski definition) is 4. The van der Waals surface area contributed by atoms with Crippen LogP contribution in [0.15, 0.2) is 70.9 Å². The number of azo groups is 1. The zero-order valence-corrected chi connectivity index (χ0v) is 11.0. The van der Waals surface area contributed by atoms with Crippen molar-refractivity contribution in [3.8, 4) is 5.75 Å².